The van der Waals surface area contributed by atoms with Gasteiger partial charge in [-0.25, -0.2) is 0 Å². The first kappa shape index (κ1) is 14.5. The van der Waals surface area contributed by atoms with E-state index in [1.807, 2.05) is 26.0 Å². The molecule has 0 aliphatic carbocycles. The molecular weight excluding hydrogens is 274 g/mol. The zero-order valence-electron chi connectivity index (χ0n) is 11.5. The Morgan fingerprint density at radius 3 is 2.55 bits per heavy atom. The van der Waals surface area contributed by atoms with Crippen molar-refractivity contribution in [1.29, 1.82) is 0 Å². The highest BCUT2D eigenvalue weighted by Crippen LogP contribution is 2.31. The second kappa shape index (κ2) is 6.06. The summed E-state index contributed by atoms with van der Waals surface area (Å²) >= 11 is 6.45. The molecule has 0 saturated heterocycles. The van der Waals surface area contributed by atoms with Crippen LogP contribution in [0.1, 0.15) is 27.6 Å². The Bertz CT molecular complexity index is 640. The minimum absolute atomic E-state index is 0.128. The summed E-state index contributed by atoms with van der Waals surface area (Å²) in [4.78, 5) is 10.7. The third kappa shape index (κ3) is 3.17. The van der Waals surface area contributed by atoms with Crippen LogP contribution in [-0.4, -0.2) is 4.92 Å². The lowest BCUT2D eigenvalue weighted by Gasteiger charge is -2.13. The Morgan fingerprint density at radius 2 is 1.90 bits per heavy atom. The molecule has 0 aliphatic rings. The Labute approximate surface area is 123 Å². The number of para-hydroxylation sites is 1. The van der Waals surface area contributed by atoms with E-state index in [0.29, 0.717) is 12.0 Å². The molecule has 2 rings (SSSR count). The molecule has 0 spiro atoms. The smallest absolute Gasteiger partial charge is 0.258 e. The van der Waals surface area contributed by atoms with Crippen molar-refractivity contribution >= 4 is 17.3 Å². The van der Waals surface area contributed by atoms with Crippen molar-refractivity contribution in [2.75, 3.05) is 0 Å². The summed E-state index contributed by atoms with van der Waals surface area (Å²) in [7, 11) is 0. The van der Waals surface area contributed by atoms with E-state index in [9.17, 15) is 10.1 Å². The van der Waals surface area contributed by atoms with Crippen LogP contribution in [0.25, 0.3) is 0 Å². The summed E-state index contributed by atoms with van der Waals surface area (Å²) in [6, 6.07) is 12.8. The Kier molecular flexibility index (Phi) is 4.40. The fourth-order valence-electron chi connectivity index (χ4n) is 2.34. The maximum absolute atomic E-state index is 11.0. The first-order chi connectivity index (χ1) is 9.49. The number of benzene rings is 2. The molecule has 2 aromatic rings. The molecule has 0 radical (unpaired) electrons. The zero-order valence-corrected chi connectivity index (χ0v) is 12.2. The topological polar surface area (TPSA) is 43.1 Å². The maximum atomic E-state index is 11.0. The standard InChI is InChI=1S/C16H16ClNO2/c1-11-7-8-14(12(2)9-11)15(17)10-13-5-3-4-6-16(13)18(19)20/h3-9,15H,10H2,1-2H3. The number of nitro benzene ring substituents is 1. The summed E-state index contributed by atoms with van der Waals surface area (Å²) in [5.74, 6) is 0. The predicted octanol–water partition coefficient (Wildman–Crippen LogP) is 4.73. The second-order valence-electron chi connectivity index (χ2n) is 4.92. The summed E-state index contributed by atoms with van der Waals surface area (Å²) in [5.41, 5.74) is 4.11. The van der Waals surface area contributed by atoms with Crippen LogP contribution in [-0.2, 0) is 6.42 Å². The van der Waals surface area contributed by atoms with Gasteiger partial charge in [0.2, 0.25) is 0 Å². The van der Waals surface area contributed by atoms with Crippen LogP contribution in [0.4, 0.5) is 5.69 Å². The molecule has 0 heterocycles. The molecule has 1 atom stereocenters. The number of alkyl halides is 1. The van der Waals surface area contributed by atoms with Gasteiger partial charge in [0, 0.05) is 11.6 Å². The van der Waals surface area contributed by atoms with Crippen molar-refractivity contribution in [1.82, 2.24) is 0 Å². The Morgan fingerprint density at radius 1 is 1.20 bits per heavy atom. The van der Waals surface area contributed by atoms with Gasteiger partial charge in [-0.2, -0.15) is 0 Å². The molecule has 2 aromatic carbocycles. The monoisotopic (exact) mass is 289 g/mol. The van der Waals surface area contributed by atoms with Gasteiger partial charge in [-0.05, 0) is 31.4 Å². The van der Waals surface area contributed by atoms with Gasteiger partial charge in [-0.1, -0.05) is 42.0 Å². The number of nitro groups is 1. The minimum Gasteiger partial charge on any atom is -0.258 e. The summed E-state index contributed by atoms with van der Waals surface area (Å²) < 4.78 is 0. The van der Waals surface area contributed by atoms with E-state index in [1.54, 1.807) is 18.2 Å². The van der Waals surface area contributed by atoms with Crippen LogP contribution < -0.4 is 0 Å². The molecule has 4 heteroatoms. The largest absolute Gasteiger partial charge is 0.272 e. The average Bonchev–Trinajstić information content (AvgIpc) is 2.38. The molecule has 3 nitrogen and oxygen atoms in total. The number of hydrogen-bond donors (Lipinski definition) is 0. The van der Waals surface area contributed by atoms with Crippen LogP contribution in [0, 0.1) is 24.0 Å². The molecule has 104 valence electrons. The Hall–Kier alpha value is -1.87. The van der Waals surface area contributed by atoms with Crippen LogP contribution in [0.5, 0.6) is 0 Å². The number of aryl methyl sites for hydroxylation is 2. The lowest BCUT2D eigenvalue weighted by molar-refractivity contribution is -0.385. The van der Waals surface area contributed by atoms with E-state index >= 15 is 0 Å². The second-order valence-corrected chi connectivity index (χ2v) is 5.44. The van der Waals surface area contributed by atoms with Gasteiger partial charge in [0.25, 0.3) is 5.69 Å². The lowest BCUT2D eigenvalue weighted by atomic mass is 9.98. The van der Waals surface area contributed by atoms with Gasteiger partial charge in [0.1, 0.15) is 0 Å². The third-order valence-corrected chi connectivity index (χ3v) is 3.74. The van der Waals surface area contributed by atoms with Crippen molar-refractivity contribution in [3.05, 3.63) is 74.8 Å². The van der Waals surface area contributed by atoms with Gasteiger partial charge < -0.3 is 0 Å². The molecule has 0 saturated carbocycles. The van der Waals surface area contributed by atoms with Crippen molar-refractivity contribution in [2.24, 2.45) is 0 Å². The number of hydrogen-bond acceptors (Lipinski definition) is 2. The predicted molar refractivity (Wildman–Crippen MR) is 81.3 cm³/mol. The van der Waals surface area contributed by atoms with Crippen molar-refractivity contribution in [3.8, 4) is 0 Å². The van der Waals surface area contributed by atoms with Crippen LogP contribution >= 0.6 is 11.6 Å². The third-order valence-electron chi connectivity index (χ3n) is 3.35. The fourth-order valence-corrected chi connectivity index (χ4v) is 2.75. The fraction of sp³-hybridized carbons (Fsp3) is 0.250. The number of nitrogens with zero attached hydrogens (tertiary/aromatic N) is 1. The highest BCUT2D eigenvalue weighted by molar-refractivity contribution is 6.21. The SMILES string of the molecule is Cc1ccc(C(Cl)Cc2ccccc2[N+](=O)[O-])c(C)c1. The summed E-state index contributed by atoms with van der Waals surface area (Å²) in [5, 5.41) is 10.7. The van der Waals surface area contributed by atoms with E-state index in [0.717, 1.165) is 11.1 Å². The number of rotatable bonds is 4. The van der Waals surface area contributed by atoms with E-state index < -0.39 is 0 Å². The summed E-state index contributed by atoms with van der Waals surface area (Å²) in [6.45, 7) is 4.04. The first-order valence-electron chi connectivity index (χ1n) is 6.42. The zero-order chi connectivity index (χ0) is 14.7. The molecule has 0 N–H and O–H groups in total. The van der Waals surface area contributed by atoms with Crippen LogP contribution in [0.3, 0.4) is 0 Å². The molecule has 0 aliphatic heterocycles. The molecule has 0 amide bonds. The van der Waals surface area contributed by atoms with Gasteiger partial charge >= 0.3 is 0 Å². The summed E-state index contributed by atoms with van der Waals surface area (Å²) in [6.07, 6.45) is 0.447. The molecule has 20 heavy (non-hydrogen) atoms. The van der Waals surface area contributed by atoms with Crippen molar-refractivity contribution in [3.63, 3.8) is 0 Å². The molecule has 0 fully saturated rings. The first-order valence-corrected chi connectivity index (χ1v) is 6.86. The molecule has 0 aromatic heterocycles. The van der Waals surface area contributed by atoms with Crippen LogP contribution in [0.2, 0.25) is 0 Å². The highest BCUT2D eigenvalue weighted by atomic mass is 35.5. The van der Waals surface area contributed by atoms with Gasteiger partial charge in [-0.15, -0.1) is 11.6 Å². The highest BCUT2D eigenvalue weighted by Gasteiger charge is 2.18. The maximum Gasteiger partial charge on any atom is 0.272 e. The van der Waals surface area contributed by atoms with E-state index in [4.69, 9.17) is 11.6 Å². The van der Waals surface area contributed by atoms with Gasteiger partial charge in [0.05, 0.1) is 10.3 Å². The Balaban J connectivity index is 2.28. The number of halogens is 1. The lowest BCUT2D eigenvalue weighted by Crippen LogP contribution is -2.02. The quantitative estimate of drug-likeness (QED) is 0.464. The normalized spacial score (nSPS) is 12.2. The molecule has 0 bridgehead atoms. The van der Waals surface area contributed by atoms with E-state index in [2.05, 4.69) is 6.07 Å². The van der Waals surface area contributed by atoms with Gasteiger partial charge in [-0.3, -0.25) is 10.1 Å². The van der Waals surface area contributed by atoms with E-state index in [1.165, 1.54) is 11.6 Å². The van der Waals surface area contributed by atoms with Crippen molar-refractivity contribution in [2.45, 2.75) is 25.6 Å². The van der Waals surface area contributed by atoms with Gasteiger partial charge in [0.15, 0.2) is 0 Å². The molecule has 1 unspecified atom stereocenters. The van der Waals surface area contributed by atoms with E-state index in [-0.39, 0.29) is 16.0 Å². The minimum atomic E-state index is -0.360. The average molecular weight is 290 g/mol. The van der Waals surface area contributed by atoms with Crippen molar-refractivity contribution < 1.29 is 4.92 Å². The van der Waals surface area contributed by atoms with Crippen LogP contribution in [0.15, 0.2) is 42.5 Å². The molecular formula is C16H16ClNO2.